The Bertz CT molecular complexity index is 926. The molecule has 1 aromatic heterocycles. The molecular weight excluding hydrogens is 378 g/mol. The maximum Gasteiger partial charge on any atom is 0.276 e. The maximum atomic E-state index is 12.3. The summed E-state index contributed by atoms with van der Waals surface area (Å²) < 4.78 is 5.33. The van der Waals surface area contributed by atoms with Crippen molar-refractivity contribution < 1.29 is 9.53 Å². The van der Waals surface area contributed by atoms with Gasteiger partial charge in [-0.05, 0) is 30.3 Å². The van der Waals surface area contributed by atoms with E-state index in [0.29, 0.717) is 12.2 Å². The SMILES string of the molecule is COc1ccccc1CCNC(=S)NC(=O)c1csc(-c2ccccc2)n1. The van der Waals surface area contributed by atoms with Gasteiger partial charge in [0.1, 0.15) is 16.5 Å². The first kappa shape index (κ1) is 19.0. The lowest BCUT2D eigenvalue weighted by molar-refractivity contribution is 0.0972. The minimum absolute atomic E-state index is 0.282. The second-order valence-corrected chi connectivity index (χ2v) is 6.94. The Labute approximate surface area is 167 Å². The number of benzene rings is 2. The predicted molar refractivity (Wildman–Crippen MR) is 112 cm³/mol. The van der Waals surface area contributed by atoms with Gasteiger partial charge >= 0.3 is 0 Å². The first-order chi connectivity index (χ1) is 13.2. The first-order valence-corrected chi connectivity index (χ1v) is 9.68. The average molecular weight is 398 g/mol. The summed E-state index contributed by atoms with van der Waals surface area (Å²) >= 11 is 6.64. The van der Waals surface area contributed by atoms with Crippen LogP contribution in [0.4, 0.5) is 0 Å². The van der Waals surface area contributed by atoms with Gasteiger partial charge in [0, 0.05) is 17.5 Å². The van der Waals surface area contributed by atoms with E-state index in [1.807, 2.05) is 54.6 Å². The second-order valence-electron chi connectivity index (χ2n) is 5.68. The molecule has 0 radical (unpaired) electrons. The van der Waals surface area contributed by atoms with Crippen LogP contribution in [0.1, 0.15) is 16.1 Å². The first-order valence-electron chi connectivity index (χ1n) is 8.39. The number of thiocarbonyl (C=S) groups is 1. The molecule has 0 atom stereocenters. The summed E-state index contributed by atoms with van der Waals surface area (Å²) in [4.78, 5) is 16.7. The minimum atomic E-state index is -0.316. The summed E-state index contributed by atoms with van der Waals surface area (Å²) in [6.07, 6.45) is 0.731. The molecule has 1 amide bonds. The number of rotatable bonds is 6. The van der Waals surface area contributed by atoms with Gasteiger partial charge in [-0.1, -0.05) is 48.5 Å². The van der Waals surface area contributed by atoms with E-state index < -0.39 is 0 Å². The number of amides is 1. The smallest absolute Gasteiger partial charge is 0.276 e. The predicted octanol–water partition coefficient (Wildman–Crippen LogP) is 3.67. The van der Waals surface area contributed by atoms with E-state index in [4.69, 9.17) is 17.0 Å². The number of thiazole rings is 1. The van der Waals surface area contributed by atoms with Crippen molar-refractivity contribution in [2.45, 2.75) is 6.42 Å². The highest BCUT2D eigenvalue weighted by atomic mass is 32.1. The van der Waals surface area contributed by atoms with E-state index in [2.05, 4.69) is 15.6 Å². The fourth-order valence-corrected chi connectivity index (χ4v) is 3.52. The summed E-state index contributed by atoms with van der Waals surface area (Å²) in [7, 11) is 1.65. The Morgan fingerprint density at radius 1 is 1.15 bits per heavy atom. The average Bonchev–Trinajstić information content (AvgIpc) is 3.19. The minimum Gasteiger partial charge on any atom is -0.496 e. The highest BCUT2D eigenvalue weighted by Crippen LogP contribution is 2.23. The quantitative estimate of drug-likeness (QED) is 0.622. The molecule has 0 saturated carbocycles. The fourth-order valence-electron chi connectivity index (χ4n) is 2.52. The molecular formula is C20H19N3O2S2. The molecule has 2 N–H and O–H groups in total. The Morgan fingerprint density at radius 3 is 2.67 bits per heavy atom. The van der Waals surface area contributed by atoms with Crippen molar-refractivity contribution in [2.24, 2.45) is 0 Å². The summed E-state index contributed by atoms with van der Waals surface area (Å²) in [5.74, 6) is 0.522. The molecule has 1 heterocycles. The van der Waals surface area contributed by atoms with Crippen molar-refractivity contribution in [2.75, 3.05) is 13.7 Å². The van der Waals surface area contributed by atoms with Crippen molar-refractivity contribution in [1.82, 2.24) is 15.6 Å². The van der Waals surface area contributed by atoms with Crippen LogP contribution in [0, 0.1) is 0 Å². The monoisotopic (exact) mass is 397 g/mol. The van der Waals surface area contributed by atoms with Crippen LogP contribution in [0.15, 0.2) is 60.0 Å². The molecule has 5 nitrogen and oxygen atoms in total. The molecule has 138 valence electrons. The molecule has 7 heteroatoms. The van der Waals surface area contributed by atoms with Crippen molar-refractivity contribution in [3.8, 4) is 16.3 Å². The number of para-hydroxylation sites is 1. The third-order valence-corrected chi connectivity index (χ3v) is 4.99. The van der Waals surface area contributed by atoms with Gasteiger partial charge in [0.05, 0.1) is 7.11 Å². The highest BCUT2D eigenvalue weighted by molar-refractivity contribution is 7.80. The lowest BCUT2D eigenvalue weighted by atomic mass is 10.1. The number of ether oxygens (including phenoxy) is 1. The van der Waals surface area contributed by atoms with Crippen LogP contribution in [-0.2, 0) is 6.42 Å². The molecule has 0 fully saturated rings. The van der Waals surface area contributed by atoms with Crippen molar-refractivity contribution in [3.63, 3.8) is 0 Å². The second kappa shape index (κ2) is 9.25. The van der Waals surface area contributed by atoms with Gasteiger partial charge in [-0.15, -0.1) is 11.3 Å². The van der Waals surface area contributed by atoms with Crippen LogP contribution in [0.2, 0.25) is 0 Å². The molecule has 2 aromatic carbocycles. The van der Waals surface area contributed by atoms with Gasteiger partial charge in [-0.2, -0.15) is 0 Å². The molecule has 0 aliphatic heterocycles. The summed E-state index contributed by atoms with van der Waals surface area (Å²) in [5.41, 5.74) is 2.42. The highest BCUT2D eigenvalue weighted by Gasteiger charge is 2.13. The number of nitrogens with one attached hydrogen (secondary N) is 2. The zero-order valence-corrected chi connectivity index (χ0v) is 16.4. The third kappa shape index (κ3) is 5.12. The number of carbonyl (C=O) groups is 1. The zero-order chi connectivity index (χ0) is 19.1. The van der Waals surface area contributed by atoms with Gasteiger partial charge in [0.2, 0.25) is 0 Å². The van der Waals surface area contributed by atoms with E-state index in [-0.39, 0.29) is 11.0 Å². The molecule has 27 heavy (non-hydrogen) atoms. The van der Waals surface area contributed by atoms with Crippen LogP contribution in [0.3, 0.4) is 0 Å². The van der Waals surface area contributed by atoms with Gasteiger partial charge < -0.3 is 10.1 Å². The van der Waals surface area contributed by atoms with E-state index in [1.165, 1.54) is 11.3 Å². The van der Waals surface area contributed by atoms with Crippen molar-refractivity contribution in [1.29, 1.82) is 0 Å². The van der Waals surface area contributed by atoms with Crippen LogP contribution in [0.25, 0.3) is 10.6 Å². The molecule has 0 aliphatic carbocycles. The number of carbonyl (C=O) groups excluding carboxylic acids is 1. The molecule has 0 bridgehead atoms. The maximum absolute atomic E-state index is 12.3. The lowest BCUT2D eigenvalue weighted by Crippen LogP contribution is -2.40. The number of aromatic nitrogens is 1. The molecule has 3 aromatic rings. The summed E-state index contributed by atoms with van der Waals surface area (Å²) in [6.45, 7) is 0.589. The Kier molecular flexibility index (Phi) is 6.51. The zero-order valence-electron chi connectivity index (χ0n) is 14.8. The Balaban J connectivity index is 1.51. The molecule has 0 spiro atoms. The number of nitrogens with zero attached hydrogens (tertiary/aromatic N) is 1. The molecule has 0 aliphatic rings. The topological polar surface area (TPSA) is 63.2 Å². The number of hydrogen-bond donors (Lipinski definition) is 2. The third-order valence-electron chi connectivity index (χ3n) is 3.86. The van der Waals surface area contributed by atoms with E-state index >= 15 is 0 Å². The molecule has 3 rings (SSSR count). The van der Waals surface area contributed by atoms with E-state index in [9.17, 15) is 4.79 Å². The molecule has 0 unspecified atom stereocenters. The van der Waals surface area contributed by atoms with Crippen LogP contribution in [0.5, 0.6) is 5.75 Å². The number of methoxy groups -OCH3 is 1. The standard InChI is InChI=1S/C20H19N3O2S2/c1-25-17-10-6-5-7-14(17)11-12-21-20(26)23-18(24)16-13-27-19(22-16)15-8-3-2-4-9-15/h2-10,13H,11-12H2,1H3,(H2,21,23,24,26). The van der Waals surface area contributed by atoms with E-state index in [0.717, 1.165) is 28.3 Å². The Morgan fingerprint density at radius 2 is 1.89 bits per heavy atom. The molecule has 0 saturated heterocycles. The van der Waals surface area contributed by atoms with Gasteiger partial charge in [0.15, 0.2) is 5.11 Å². The lowest BCUT2D eigenvalue weighted by Gasteiger charge is -2.10. The van der Waals surface area contributed by atoms with Gasteiger partial charge in [0.25, 0.3) is 5.91 Å². The van der Waals surface area contributed by atoms with Crippen molar-refractivity contribution >= 4 is 34.6 Å². The van der Waals surface area contributed by atoms with Crippen molar-refractivity contribution in [3.05, 3.63) is 71.2 Å². The fraction of sp³-hybridized carbons (Fsp3) is 0.150. The largest absolute Gasteiger partial charge is 0.496 e. The van der Waals surface area contributed by atoms with Crippen LogP contribution < -0.4 is 15.4 Å². The van der Waals surface area contributed by atoms with Crippen LogP contribution in [-0.4, -0.2) is 29.7 Å². The number of hydrogen-bond acceptors (Lipinski definition) is 5. The van der Waals surface area contributed by atoms with E-state index in [1.54, 1.807) is 12.5 Å². The summed E-state index contributed by atoms with van der Waals surface area (Å²) in [5, 5.41) is 8.53. The van der Waals surface area contributed by atoms with Gasteiger partial charge in [-0.3, -0.25) is 10.1 Å². The van der Waals surface area contributed by atoms with Gasteiger partial charge in [-0.25, -0.2) is 4.98 Å². The normalized spacial score (nSPS) is 10.3. The van der Waals surface area contributed by atoms with Crippen LogP contribution >= 0.6 is 23.6 Å². The summed E-state index contributed by atoms with van der Waals surface area (Å²) in [6, 6.07) is 17.6. The Hall–Kier alpha value is -2.77.